The average molecular weight is 289 g/mol. The highest BCUT2D eigenvalue weighted by atomic mass is 32.1. The number of carbonyl (C=O) groups is 1. The molecular formula is C13H15N5OS. The summed E-state index contributed by atoms with van der Waals surface area (Å²) in [6.45, 7) is 5.36. The van der Waals surface area contributed by atoms with E-state index in [2.05, 4.69) is 25.8 Å². The lowest BCUT2D eigenvalue weighted by atomic mass is 10.2. The standard InChI is InChI=1S/C13H15N5OS/c1-7-5-9(8(2)18-17-7)12(19)16-13-15-10-3-4-14-6-11(10)20-13/h5,14H,3-4,6H2,1-2H3,(H,15,16,19). The Morgan fingerprint density at radius 1 is 1.40 bits per heavy atom. The summed E-state index contributed by atoms with van der Waals surface area (Å²) in [6, 6.07) is 1.74. The number of fused-ring (bicyclic) bond motifs is 1. The third-order valence-corrected chi connectivity index (χ3v) is 4.18. The van der Waals surface area contributed by atoms with Crippen molar-refractivity contribution in [3.63, 3.8) is 0 Å². The summed E-state index contributed by atoms with van der Waals surface area (Å²) >= 11 is 1.53. The van der Waals surface area contributed by atoms with Crippen LogP contribution in [0.4, 0.5) is 5.13 Å². The molecule has 0 aliphatic carbocycles. The van der Waals surface area contributed by atoms with Crippen molar-refractivity contribution in [1.29, 1.82) is 0 Å². The van der Waals surface area contributed by atoms with E-state index in [0.29, 0.717) is 16.4 Å². The van der Waals surface area contributed by atoms with Crippen molar-refractivity contribution < 1.29 is 4.79 Å². The third kappa shape index (κ3) is 2.54. The molecule has 1 amide bonds. The SMILES string of the molecule is Cc1cc(C(=O)Nc2nc3c(s2)CNCC3)c(C)nn1. The summed E-state index contributed by atoms with van der Waals surface area (Å²) in [7, 11) is 0. The summed E-state index contributed by atoms with van der Waals surface area (Å²) in [5.41, 5.74) is 2.98. The molecule has 0 spiro atoms. The normalized spacial score (nSPS) is 13.9. The Morgan fingerprint density at radius 3 is 3.05 bits per heavy atom. The predicted molar refractivity (Wildman–Crippen MR) is 77.0 cm³/mol. The second kappa shape index (κ2) is 5.26. The van der Waals surface area contributed by atoms with Gasteiger partial charge in [0.05, 0.1) is 22.6 Å². The Hall–Kier alpha value is -1.86. The van der Waals surface area contributed by atoms with Crippen LogP contribution in [0.3, 0.4) is 0 Å². The van der Waals surface area contributed by atoms with Crippen molar-refractivity contribution >= 4 is 22.4 Å². The van der Waals surface area contributed by atoms with E-state index in [1.165, 1.54) is 16.2 Å². The number of nitrogens with one attached hydrogen (secondary N) is 2. The van der Waals surface area contributed by atoms with Crippen LogP contribution in [0.25, 0.3) is 0 Å². The first kappa shape index (κ1) is 13.1. The number of carbonyl (C=O) groups excluding carboxylic acids is 1. The number of hydrogen-bond donors (Lipinski definition) is 2. The lowest BCUT2D eigenvalue weighted by Crippen LogP contribution is -2.22. The van der Waals surface area contributed by atoms with Gasteiger partial charge in [0, 0.05) is 24.4 Å². The summed E-state index contributed by atoms with van der Waals surface area (Å²) in [5, 5.41) is 14.7. The van der Waals surface area contributed by atoms with Crippen molar-refractivity contribution in [2.45, 2.75) is 26.8 Å². The number of rotatable bonds is 2. The molecule has 0 unspecified atom stereocenters. The van der Waals surface area contributed by atoms with Crippen molar-refractivity contribution in [2.75, 3.05) is 11.9 Å². The molecule has 3 rings (SSSR count). The topological polar surface area (TPSA) is 79.8 Å². The number of amides is 1. The van der Waals surface area contributed by atoms with E-state index in [4.69, 9.17) is 0 Å². The maximum absolute atomic E-state index is 12.3. The van der Waals surface area contributed by atoms with Crippen LogP contribution in [0, 0.1) is 13.8 Å². The van der Waals surface area contributed by atoms with Gasteiger partial charge >= 0.3 is 0 Å². The first-order valence-electron chi connectivity index (χ1n) is 6.45. The van der Waals surface area contributed by atoms with Crippen LogP contribution in [0.1, 0.15) is 32.3 Å². The van der Waals surface area contributed by atoms with Crippen LogP contribution in [-0.4, -0.2) is 27.6 Å². The average Bonchev–Trinajstić information content (AvgIpc) is 2.83. The molecule has 2 aromatic heterocycles. The molecule has 1 aliphatic heterocycles. The van der Waals surface area contributed by atoms with Gasteiger partial charge in [-0.1, -0.05) is 0 Å². The Labute approximate surface area is 120 Å². The fourth-order valence-corrected chi connectivity index (χ4v) is 3.10. The molecule has 104 valence electrons. The molecule has 20 heavy (non-hydrogen) atoms. The summed E-state index contributed by atoms with van der Waals surface area (Å²) in [5.74, 6) is -0.181. The van der Waals surface area contributed by atoms with Gasteiger partial charge < -0.3 is 5.32 Å². The molecule has 0 radical (unpaired) electrons. The van der Waals surface area contributed by atoms with Crippen LogP contribution >= 0.6 is 11.3 Å². The van der Waals surface area contributed by atoms with Gasteiger partial charge in [-0.25, -0.2) is 4.98 Å². The van der Waals surface area contributed by atoms with Crippen LogP contribution < -0.4 is 10.6 Å². The van der Waals surface area contributed by atoms with Crippen molar-refractivity contribution in [1.82, 2.24) is 20.5 Å². The van der Waals surface area contributed by atoms with Crippen LogP contribution in [0.5, 0.6) is 0 Å². The van der Waals surface area contributed by atoms with E-state index >= 15 is 0 Å². The zero-order chi connectivity index (χ0) is 14.1. The zero-order valence-electron chi connectivity index (χ0n) is 11.4. The highest BCUT2D eigenvalue weighted by Gasteiger charge is 2.17. The predicted octanol–water partition coefficient (Wildman–Crippen LogP) is 1.45. The van der Waals surface area contributed by atoms with Gasteiger partial charge in [-0.05, 0) is 19.9 Å². The van der Waals surface area contributed by atoms with Gasteiger partial charge in [0.15, 0.2) is 5.13 Å². The number of anilines is 1. The largest absolute Gasteiger partial charge is 0.311 e. The fraction of sp³-hybridized carbons (Fsp3) is 0.385. The molecule has 0 bridgehead atoms. The van der Waals surface area contributed by atoms with E-state index in [0.717, 1.165) is 30.9 Å². The molecular weight excluding hydrogens is 274 g/mol. The highest BCUT2D eigenvalue weighted by molar-refractivity contribution is 7.15. The number of hydrogen-bond acceptors (Lipinski definition) is 6. The van der Waals surface area contributed by atoms with Gasteiger partial charge in [-0.2, -0.15) is 10.2 Å². The molecule has 6 nitrogen and oxygen atoms in total. The lowest BCUT2D eigenvalue weighted by molar-refractivity contribution is 0.102. The molecule has 2 aromatic rings. The van der Waals surface area contributed by atoms with Crippen LogP contribution in [-0.2, 0) is 13.0 Å². The highest BCUT2D eigenvalue weighted by Crippen LogP contribution is 2.25. The second-order valence-corrected chi connectivity index (χ2v) is 5.84. The fourth-order valence-electron chi connectivity index (χ4n) is 2.12. The molecule has 7 heteroatoms. The maximum atomic E-state index is 12.3. The number of aromatic nitrogens is 3. The van der Waals surface area contributed by atoms with Crippen LogP contribution in [0.2, 0.25) is 0 Å². The first-order chi connectivity index (χ1) is 9.63. The maximum Gasteiger partial charge on any atom is 0.259 e. The Morgan fingerprint density at radius 2 is 2.25 bits per heavy atom. The minimum absolute atomic E-state index is 0.181. The van der Waals surface area contributed by atoms with Crippen molar-refractivity contribution in [3.8, 4) is 0 Å². The first-order valence-corrected chi connectivity index (χ1v) is 7.26. The van der Waals surface area contributed by atoms with Gasteiger partial charge in [-0.15, -0.1) is 11.3 Å². The third-order valence-electron chi connectivity index (χ3n) is 3.17. The van der Waals surface area contributed by atoms with Crippen molar-refractivity contribution in [3.05, 3.63) is 33.6 Å². The molecule has 0 saturated heterocycles. The number of nitrogens with zero attached hydrogens (tertiary/aromatic N) is 3. The Bertz CT molecular complexity index is 643. The molecule has 2 N–H and O–H groups in total. The van der Waals surface area contributed by atoms with Gasteiger partial charge in [-0.3, -0.25) is 10.1 Å². The van der Waals surface area contributed by atoms with Gasteiger partial charge in [0.1, 0.15) is 0 Å². The molecule has 0 fully saturated rings. The van der Waals surface area contributed by atoms with E-state index in [1.54, 1.807) is 13.0 Å². The smallest absolute Gasteiger partial charge is 0.259 e. The summed E-state index contributed by atoms with van der Waals surface area (Å²) < 4.78 is 0. The van der Waals surface area contributed by atoms with Crippen molar-refractivity contribution in [2.24, 2.45) is 0 Å². The Kier molecular flexibility index (Phi) is 3.45. The quantitative estimate of drug-likeness (QED) is 0.874. The molecule has 1 aliphatic rings. The molecule has 0 aromatic carbocycles. The number of thiazole rings is 1. The van der Waals surface area contributed by atoms with E-state index < -0.39 is 0 Å². The molecule has 0 atom stereocenters. The Balaban J connectivity index is 1.82. The summed E-state index contributed by atoms with van der Waals surface area (Å²) in [6.07, 6.45) is 0.913. The lowest BCUT2D eigenvalue weighted by Gasteiger charge is -2.09. The van der Waals surface area contributed by atoms with E-state index in [9.17, 15) is 4.79 Å². The van der Waals surface area contributed by atoms with E-state index in [-0.39, 0.29) is 5.91 Å². The second-order valence-electron chi connectivity index (χ2n) is 4.75. The summed E-state index contributed by atoms with van der Waals surface area (Å²) in [4.78, 5) is 18.0. The minimum Gasteiger partial charge on any atom is -0.311 e. The van der Waals surface area contributed by atoms with E-state index in [1.807, 2.05) is 6.92 Å². The van der Waals surface area contributed by atoms with Crippen LogP contribution in [0.15, 0.2) is 6.07 Å². The van der Waals surface area contributed by atoms with Gasteiger partial charge in [0.2, 0.25) is 0 Å². The molecule has 3 heterocycles. The minimum atomic E-state index is -0.181. The van der Waals surface area contributed by atoms with Gasteiger partial charge in [0.25, 0.3) is 5.91 Å². The zero-order valence-corrected chi connectivity index (χ0v) is 12.2. The molecule has 0 saturated carbocycles. The monoisotopic (exact) mass is 289 g/mol. The number of aryl methyl sites for hydroxylation is 2.